The van der Waals surface area contributed by atoms with Crippen LogP contribution in [0.25, 0.3) is 6.08 Å². The molecule has 0 aromatic heterocycles. The number of nitrogens with one attached hydrogen (secondary N) is 1. The molecule has 0 heterocycles. The van der Waals surface area contributed by atoms with Gasteiger partial charge in [0, 0.05) is 22.7 Å². The molecule has 0 unspecified atom stereocenters. The van der Waals surface area contributed by atoms with Crippen LogP contribution in [0.2, 0.25) is 0 Å². The first-order valence-corrected chi connectivity index (χ1v) is 8.48. The van der Waals surface area contributed by atoms with Crippen molar-refractivity contribution in [2.24, 2.45) is 0 Å². The first kappa shape index (κ1) is 18.7. The second kappa shape index (κ2) is 9.64. The van der Waals surface area contributed by atoms with Crippen LogP contribution in [0.1, 0.15) is 17.5 Å². The number of rotatable bonds is 8. The van der Waals surface area contributed by atoms with Crippen LogP contribution in [-0.2, 0) is 16.2 Å². The molecule has 0 aliphatic carbocycles. The SMILES string of the molecule is O=C(O)CCNC(=O)/C=C/c1cc(Br)ccc1OCc1ccccc1. The minimum atomic E-state index is -0.951. The van der Waals surface area contributed by atoms with Gasteiger partial charge in [-0.2, -0.15) is 0 Å². The third kappa shape index (κ3) is 6.81. The molecular weight excluding hydrogens is 386 g/mol. The number of aliphatic carboxylic acids is 1. The van der Waals surface area contributed by atoms with Gasteiger partial charge in [-0.15, -0.1) is 0 Å². The van der Waals surface area contributed by atoms with Gasteiger partial charge < -0.3 is 15.2 Å². The lowest BCUT2D eigenvalue weighted by atomic mass is 10.2. The molecule has 0 spiro atoms. The lowest BCUT2D eigenvalue weighted by Crippen LogP contribution is -2.23. The van der Waals surface area contributed by atoms with Gasteiger partial charge in [0.25, 0.3) is 0 Å². The van der Waals surface area contributed by atoms with E-state index in [9.17, 15) is 9.59 Å². The van der Waals surface area contributed by atoms with E-state index in [0.717, 1.165) is 15.6 Å². The Kier molecular flexibility index (Phi) is 7.22. The molecule has 2 aromatic carbocycles. The van der Waals surface area contributed by atoms with Gasteiger partial charge in [0.15, 0.2) is 0 Å². The number of amides is 1. The van der Waals surface area contributed by atoms with E-state index in [1.807, 2.05) is 48.5 Å². The van der Waals surface area contributed by atoms with Crippen LogP contribution in [-0.4, -0.2) is 23.5 Å². The van der Waals surface area contributed by atoms with E-state index in [0.29, 0.717) is 12.4 Å². The third-order valence-electron chi connectivity index (χ3n) is 3.26. The average Bonchev–Trinajstić information content (AvgIpc) is 2.59. The number of hydrogen-bond acceptors (Lipinski definition) is 3. The average molecular weight is 404 g/mol. The van der Waals surface area contributed by atoms with Crippen LogP contribution in [0.5, 0.6) is 5.75 Å². The zero-order chi connectivity index (χ0) is 18.1. The molecule has 1 amide bonds. The van der Waals surface area contributed by atoms with Gasteiger partial charge in [-0.25, -0.2) is 0 Å². The summed E-state index contributed by atoms with van der Waals surface area (Å²) in [6.07, 6.45) is 2.89. The normalized spacial score (nSPS) is 10.6. The predicted molar refractivity (Wildman–Crippen MR) is 99.2 cm³/mol. The Balaban J connectivity index is 2.01. The van der Waals surface area contributed by atoms with Crippen molar-refractivity contribution in [1.29, 1.82) is 0 Å². The third-order valence-corrected chi connectivity index (χ3v) is 3.75. The molecule has 0 saturated carbocycles. The van der Waals surface area contributed by atoms with Crippen molar-refractivity contribution in [3.63, 3.8) is 0 Å². The summed E-state index contributed by atoms with van der Waals surface area (Å²) in [6.45, 7) is 0.516. The molecule has 2 N–H and O–H groups in total. The first-order valence-electron chi connectivity index (χ1n) is 7.68. The summed E-state index contributed by atoms with van der Waals surface area (Å²) >= 11 is 3.40. The molecule has 0 aliphatic heterocycles. The fourth-order valence-corrected chi connectivity index (χ4v) is 2.41. The molecule has 0 aliphatic rings. The number of carbonyl (C=O) groups is 2. The van der Waals surface area contributed by atoms with Crippen molar-refractivity contribution in [3.8, 4) is 5.75 Å². The molecule has 25 heavy (non-hydrogen) atoms. The fourth-order valence-electron chi connectivity index (χ4n) is 2.03. The van der Waals surface area contributed by atoms with E-state index in [1.165, 1.54) is 6.08 Å². The Hall–Kier alpha value is -2.60. The van der Waals surface area contributed by atoms with Crippen LogP contribution in [0.3, 0.4) is 0 Å². The van der Waals surface area contributed by atoms with Crippen molar-refractivity contribution in [1.82, 2.24) is 5.32 Å². The lowest BCUT2D eigenvalue weighted by molar-refractivity contribution is -0.136. The zero-order valence-corrected chi connectivity index (χ0v) is 15.0. The van der Waals surface area contributed by atoms with E-state index in [4.69, 9.17) is 9.84 Å². The summed E-state index contributed by atoms with van der Waals surface area (Å²) in [4.78, 5) is 22.2. The Labute approximate surface area is 154 Å². The molecule has 0 bridgehead atoms. The molecule has 2 aromatic rings. The fraction of sp³-hybridized carbons (Fsp3) is 0.158. The monoisotopic (exact) mass is 403 g/mol. The summed E-state index contributed by atoms with van der Waals surface area (Å²) in [5.41, 5.74) is 1.80. The molecular formula is C19H18BrNO4. The minimum absolute atomic E-state index is 0.0916. The Morgan fingerprint density at radius 3 is 2.64 bits per heavy atom. The minimum Gasteiger partial charge on any atom is -0.488 e. The highest BCUT2D eigenvalue weighted by Gasteiger charge is 2.04. The van der Waals surface area contributed by atoms with Crippen molar-refractivity contribution in [3.05, 3.63) is 70.2 Å². The number of ether oxygens (including phenoxy) is 1. The van der Waals surface area contributed by atoms with Crippen LogP contribution in [0.4, 0.5) is 0 Å². The van der Waals surface area contributed by atoms with Crippen LogP contribution in [0.15, 0.2) is 59.1 Å². The number of carboxylic acids is 1. The zero-order valence-electron chi connectivity index (χ0n) is 13.4. The Morgan fingerprint density at radius 1 is 1.16 bits per heavy atom. The summed E-state index contributed by atoms with van der Waals surface area (Å²) in [5, 5.41) is 11.1. The van der Waals surface area contributed by atoms with Crippen LogP contribution in [0, 0.1) is 0 Å². The number of halogens is 1. The van der Waals surface area contributed by atoms with Gasteiger partial charge in [-0.3, -0.25) is 9.59 Å². The van der Waals surface area contributed by atoms with Crippen LogP contribution >= 0.6 is 15.9 Å². The molecule has 0 radical (unpaired) electrons. The molecule has 2 rings (SSSR count). The molecule has 130 valence electrons. The second-order valence-electron chi connectivity index (χ2n) is 5.22. The number of carbonyl (C=O) groups excluding carboxylic acids is 1. The van der Waals surface area contributed by atoms with E-state index in [-0.39, 0.29) is 18.9 Å². The number of hydrogen-bond donors (Lipinski definition) is 2. The predicted octanol–water partition coefficient (Wildman–Crippen LogP) is 3.63. The maximum atomic E-state index is 11.7. The van der Waals surface area contributed by atoms with Gasteiger partial charge in [-0.1, -0.05) is 46.3 Å². The standard InChI is InChI=1S/C19H18BrNO4/c20-16-7-8-17(25-13-14-4-2-1-3-5-14)15(12-16)6-9-18(22)21-11-10-19(23)24/h1-9,12H,10-11,13H2,(H,21,22)(H,23,24)/b9-6+. The van der Waals surface area contributed by atoms with Gasteiger partial charge >= 0.3 is 5.97 Å². The second-order valence-corrected chi connectivity index (χ2v) is 6.14. The van der Waals surface area contributed by atoms with E-state index >= 15 is 0 Å². The van der Waals surface area contributed by atoms with Crippen molar-refractivity contribution < 1.29 is 19.4 Å². The number of benzene rings is 2. The van der Waals surface area contributed by atoms with Crippen molar-refractivity contribution in [2.45, 2.75) is 13.0 Å². The van der Waals surface area contributed by atoms with Crippen molar-refractivity contribution in [2.75, 3.05) is 6.54 Å². The Morgan fingerprint density at radius 2 is 1.92 bits per heavy atom. The number of carboxylic acid groups (broad SMARTS) is 1. The summed E-state index contributed by atoms with van der Waals surface area (Å²) in [5.74, 6) is -0.648. The van der Waals surface area contributed by atoms with Crippen molar-refractivity contribution >= 4 is 33.9 Å². The Bertz CT molecular complexity index is 759. The summed E-state index contributed by atoms with van der Waals surface area (Å²) in [7, 11) is 0. The lowest BCUT2D eigenvalue weighted by Gasteiger charge is -2.10. The maximum Gasteiger partial charge on any atom is 0.305 e. The summed E-state index contributed by atoms with van der Waals surface area (Å²) in [6, 6.07) is 15.3. The largest absolute Gasteiger partial charge is 0.488 e. The highest BCUT2D eigenvalue weighted by molar-refractivity contribution is 9.10. The van der Waals surface area contributed by atoms with Gasteiger partial charge in [-0.05, 0) is 29.8 Å². The van der Waals surface area contributed by atoms with Gasteiger partial charge in [0.1, 0.15) is 12.4 Å². The highest BCUT2D eigenvalue weighted by atomic mass is 79.9. The molecule has 6 heteroatoms. The molecule has 0 atom stereocenters. The summed E-state index contributed by atoms with van der Waals surface area (Å²) < 4.78 is 6.71. The smallest absolute Gasteiger partial charge is 0.305 e. The molecule has 0 fully saturated rings. The van der Waals surface area contributed by atoms with Gasteiger partial charge in [0.05, 0.1) is 6.42 Å². The van der Waals surface area contributed by atoms with Gasteiger partial charge in [0.2, 0.25) is 5.91 Å². The molecule has 0 saturated heterocycles. The quantitative estimate of drug-likeness (QED) is 0.659. The van der Waals surface area contributed by atoms with E-state index in [1.54, 1.807) is 6.08 Å². The van der Waals surface area contributed by atoms with Crippen LogP contribution < -0.4 is 10.1 Å². The molecule has 5 nitrogen and oxygen atoms in total. The maximum absolute atomic E-state index is 11.7. The first-order chi connectivity index (χ1) is 12.0. The van der Waals surface area contributed by atoms with E-state index < -0.39 is 5.97 Å². The highest BCUT2D eigenvalue weighted by Crippen LogP contribution is 2.25. The van der Waals surface area contributed by atoms with E-state index in [2.05, 4.69) is 21.2 Å². The topological polar surface area (TPSA) is 75.6 Å².